The number of anilines is 1. The standard InChI is InChI=1S/C22H30N2O2S/c1-18-7-12-22(17-19(18)2)27(25,26)23-14-13-20-8-10-21(11-9-20)24-15-5-3-4-6-16-24/h7-12,17,23H,3-6,13-16H2,1-2H3. The number of hydrogen-bond acceptors (Lipinski definition) is 3. The fraction of sp³-hybridized carbons (Fsp3) is 0.455. The molecule has 0 aliphatic carbocycles. The highest BCUT2D eigenvalue weighted by atomic mass is 32.2. The van der Waals surface area contributed by atoms with E-state index in [4.69, 9.17) is 0 Å². The summed E-state index contributed by atoms with van der Waals surface area (Å²) in [5.41, 5.74) is 4.51. The van der Waals surface area contributed by atoms with Crippen LogP contribution in [-0.2, 0) is 16.4 Å². The second-order valence-corrected chi connectivity index (χ2v) is 9.23. The molecule has 2 aromatic rings. The van der Waals surface area contributed by atoms with Crippen molar-refractivity contribution in [3.05, 3.63) is 59.2 Å². The van der Waals surface area contributed by atoms with Crippen LogP contribution in [0.15, 0.2) is 47.4 Å². The maximum absolute atomic E-state index is 12.5. The highest BCUT2D eigenvalue weighted by Gasteiger charge is 2.14. The average Bonchev–Trinajstić information content (AvgIpc) is 2.94. The van der Waals surface area contributed by atoms with Crippen molar-refractivity contribution in [3.63, 3.8) is 0 Å². The lowest BCUT2D eigenvalue weighted by molar-refractivity contribution is 0.581. The van der Waals surface area contributed by atoms with Gasteiger partial charge in [0.05, 0.1) is 4.90 Å². The van der Waals surface area contributed by atoms with Crippen molar-refractivity contribution in [2.24, 2.45) is 0 Å². The Morgan fingerprint density at radius 1 is 0.889 bits per heavy atom. The largest absolute Gasteiger partial charge is 0.372 e. The molecule has 1 N–H and O–H groups in total. The van der Waals surface area contributed by atoms with Crippen molar-refractivity contribution in [1.29, 1.82) is 0 Å². The summed E-state index contributed by atoms with van der Waals surface area (Å²) in [6.07, 6.45) is 5.87. The van der Waals surface area contributed by atoms with Crippen molar-refractivity contribution < 1.29 is 8.42 Å². The number of benzene rings is 2. The molecule has 1 saturated heterocycles. The van der Waals surface area contributed by atoms with Crippen LogP contribution in [0.5, 0.6) is 0 Å². The Morgan fingerprint density at radius 2 is 1.56 bits per heavy atom. The van der Waals surface area contributed by atoms with Gasteiger partial charge in [-0.15, -0.1) is 0 Å². The maximum atomic E-state index is 12.5. The van der Waals surface area contributed by atoms with E-state index in [1.807, 2.05) is 19.9 Å². The topological polar surface area (TPSA) is 49.4 Å². The van der Waals surface area contributed by atoms with E-state index in [-0.39, 0.29) is 0 Å². The molecule has 5 heteroatoms. The van der Waals surface area contributed by atoms with Crippen molar-refractivity contribution >= 4 is 15.7 Å². The van der Waals surface area contributed by atoms with Crippen LogP contribution in [0.25, 0.3) is 0 Å². The lowest BCUT2D eigenvalue weighted by Gasteiger charge is -2.22. The van der Waals surface area contributed by atoms with Crippen LogP contribution in [0, 0.1) is 13.8 Å². The summed E-state index contributed by atoms with van der Waals surface area (Å²) >= 11 is 0. The average molecular weight is 387 g/mol. The summed E-state index contributed by atoms with van der Waals surface area (Å²) in [5.74, 6) is 0. The van der Waals surface area contributed by atoms with E-state index >= 15 is 0 Å². The Morgan fingerprint density at radius 3 is 2.19 bits per heavy atom. The smallest absolute Gasteiger partial charge is 0.240 e. The van der Waals surface area contributed by atoms with Gasteiger partial charge >= 0.3 is 0 Å². The maximum Gasteiger partial charge on any atom is 0.240 e. The van der Waals surface area contributed by atoms with Gasteiger partial charge in [0, 0.05) is 25.3 Å². The van der Waals surface area contributed by atoms with Crippen LogP contribution < -0.4 is 9.62 Å². The Labute approximate surface area is 163 Å². The molecular formula is C22H30N2O2S. The molecule has 1 heterocycles. The monoisotopic (exact) mass is 386 g/mol. The highest BCUT2D eigenvalue weighted by Crippen LogP contribution is 2.20. The van der Waals surface area contributed by atoms with Crippen molar-refractivity contribution in [3.8, 4) is 0 Å². The van der Waals surface area contributed by atoms with Gasteiger partial charge in [-0.1, -0.05) is 31.0 Å². The Hall–Kier alpha value is -1.85. The van der Waals surface area contributed by atoms with Crippen LogP contribution in [0.1, 0.15) is 42.4 Å². The number of sulfonamides is 1. The van der Waals surface area contributed by atoms with E-state index in [1.54, 1.807) is 12.1 Å². The molecule has 4 nitrogen and oxygen atoms in total. The van der Waals surface area contributed by atoms with E-state index in [0.29, 0.717) is 17.9 Å². The number of rotatable bonds is 6. The van der Waals surface area contributed by atoms with Gasteiger partial charge in [0.2, 0.25) is 10.0 Å². The molecule has 0 bridgehead atoms. The Kier molecular flexibility index (Phi) is 6.55. The molecule has 1 aliphatic rings. The molecule has 1 fully saturated rings. The first kappa shape index (κ1) is 19.9. The van der Waals surface area contributed by atoms with Crippen molar-refractivity contribution in [1.82, 2.24) is 4.72 Å². The van der Waals surface area contributed by atoms with E-state index < -0.39 is 10.0 Å². The molecular weight excluding hydrogens is 356 g/mol. The minimum Gasteiger partial charge on any atom is -0.372 e. The summed E-state index contributed by atoms with van der Waals surface area (Å²) in [4.78, 5) is 2.79. The second-order valence-electron chi connectivity index (χ2n) is 7.46. The first-order chi connectivity index (χ1) is 13.0. The zero-order valence-electron chi connectivity index (χ0n) is 16.4. The Balaban J connectivity index is 1.56. The second kappa shape index (κ2) is 8.89. The van der Waals surface area contributed by atoms with E-state index in [0.717, 1.165) is 29.8 Å². The molecule has 0 spiro atoms. The predicted molar refractivity (Wildman–Crippen MR) is 112 cm³/mol. The number of nitrogens with zero attached hydrogens (tertiary/aromatic N) is 1. The van der Waals surface area contributed by atoms with Gasteiger partial charge in [-0.25, -0.2) is 13.1 Å². The van der Waals surface area contributed by atoms with Gasteiger partial charge in [-0.3, -0.25) is 0 Å². The Bertz CT molecular complexity index is 852. The fourth-order valence-electron chi connectivity index (χ4n) is 3.50. The van der Waals surface area contributed by atoms with Crippen LogP contribution in [0.2, 0.25) is 0 Å². The molecule has 0 atom stereocenters. The van der Waals surface area contributed by atoms with Gasteiger partial charge < -0.3 is 4.90 Å². The zero-order valence-corrected chi connectivity index (χ0v) is 17.2. The summed E-state index contributed by atoms with van der Waals surface area (Å²) in [6, 6.07) is 13.8. The van der Waals surface area contributed by atoms with Crippen molar-refractivity contribution in [2.45, 2.75) is 50.8 Å². The third-order valence-electron chi connectivity index (χ3n) is 5.40. The van der Waals surface area contributed by atoms with Gasteiger partial charge in [-0.2, -0.15) is 0 Å². The molecule has 146 valence electrons. The molecule has 0 unspecified atom stereocenters. The van der Waals surface area contributed by atoms with E-state index in [2.05, 4.69) is 33.9 Å². The minimum absolute atomic E-state index is 0.335. The van der Waals surface area contributed by atoms with E-state index in [1.165, 1.54) is 31.4 Å². The molecule has 0 amide bonds. The molecule has 1 aliphatic heterocycles. The van der Waals surface area contributed by atoms with Gasteiger partial charge in [0.1, 0.15) is 0 Å². The first-order valence-corrected chi connectivity index (χ1v) is 11.3. The normalized spacial score (nSPS) is 15.6. The third kappa shape index (κ3) is 5.33. The lowest BCUT2D eigenvalue weighted by Crippen LogP contribution is -2.26. The number of hydrogen-bond donors (Lipinski definition) is 1. The molecule has 0 aromatic heterocycles. The van der Waals surface area contributed by atoms with Crippen LogP contribution in [0.4, 0.5) is 5.69 Å². The summed E-state index contributed by atoms with van der Waals surface area (Å²) in [7, 11) is -3.46. The fourth-order valence-corrected chi connectivity index (χ4v) is 4.61. The van der Waals surface area contributed by atoms with E-state index in [9.17, 15) is 8.42 Å². The molecule has 0 saturated carbocycles. The lowest BCUT2D eigenvalue weighted by atomic mass is 10.1. The van der Waals surface area contributed by atoms with Crippen LogP contribution >= 0.6 is 0 Å². The number of nitrogens with one attached hydrogen (secondary N) is 1. The van der Waals surface area contributed by atoms with Crippen LogP contribution in [-0.4, -0.2) is 28.1 Å². The molecule has 0 radical (unpaired) electrons. The predicted octanol–water partition coefficient (Wildman–Crippen LogP) is 4.20. The SMILES string of the molecule is Cc1ccc(S(=O)(=O)NCCc2ccc(N3CCCCCC3)cc2)cc1C. The number of aryl methyl sites for hydroxylation is 2. The van der Waals surface area contributed by atoms with Crippen molar-refractivity contribution in [2.75, 3.05) is 24.5 Å². The zero-order chi connectivity index (χ0) is 19.3. The summed E-state index contributed by atoms with van der Waals surface area (Å²) in [6.45, 7) is 6.58. The minimum atomic E-state index is -3.46. The quantitative estimate of drug-likeness (QED) is 0.809. The summed E-state index contributed by atoms with van der Waals surface area (Å²) < 4.78 is 27.6. The van der Waals surface area contributed by atoms with Gasteiger partial charge in [0.25, 0.3) is 0 Å². The highest BCUT2D eigenvalue weighted by molar-refractivity contribution is 7.89. The molecule has 2 aromatic carbocycles. The first-order valence-electron chi connectivity index (χ1n) is 9.86. The molecule has 27 heavy (non-hydrogen) atoms. The van der Waals surface area contributed by atoms with Crippen LogP contribution in [0.3, 0.4) is 0 Å². The van der Waals surface area contributed by atoms with Gasteiger partial charge in [-0.05, 0) is 74.1 Å². The third-order valence-corrected chi connectivity index (χ3v) is 6.86. The van der Waals surface area contributed by atoms with Gasteiger partial charge in [0.15, 0.2) is 0 Å². The molecule has 3 rings (SSSR count). The summed E-state index contributed by atoms with van der Waals surface area (Å²) in [5, 5.41) is 0.